The van der Waals surface area contributed by atoms with Crippen molar-refractivity contribution in [3.63, 3.8) is 0 Å². The normalized spacial score (nSPS) is 10.4. The van der Waals surface area contributed by atoms with Crippen molar-refractivity contribution in [3.05, 3.63) is 45.1 Å². The number of anilines is 1. The van der Waals surface area contributed by atoms with Crippen molar-refractivity contribution < 1.29 is 9.18 Å². The number of rotatable bonds is 4. The van der Waals surface area contributed by atoms with Crippen LogP contribution in [0.2, 0.25) is 0 Å². The van der Waals surface area contributed by atoms with Gasteiger partial charge in [0, 0.05) is 16.4 Å². The van der Waals surface area contributed by atoms with Crippen molar-refractivity contribution >= 4 is 38.3 Å². The molecular weight excluding hydrogens is 333 g/mol. The molecule has 0 fully saturated rings. The number of carbonyl (C=O) groups excluding carboxylic acids is 1. The number of aromatic nitrogens is 1. The van der Waals surface area contributed by atoms with Crippen LogP contribution in [-0.2, 0) is 17.8 Å². The highest BCUT2D eigenvalue weighted by Crippen LogP contribution is 2.17. The zero-order valence-corrected chi connectivity index (χ0v) is 12.2. The van der Waals surface area contributed by atoms with E-state index in [4.69, 9.17) is 5.73 Å². The summed E-state index contributed by atoms with van der Waals surface area (Å²) in [5, 5.41) is 4.90. The van der Waals surface area contributed by atoms with Gasteiger partial charge >= 0.3 is 0 Å². The van der Waals surface area contributed by atoms with Gasteiger partial charge in [0.15, 0.2) is 5.13 Å². The average Bonchev–Trinajstić information content (AvgIpc) is 2.76. The smallest absolute Gasteiger partial charge is 0.226 e. The average molecular weight is 344 g/mol. The molecule has 0 aliphatic carbocycles. The lowest BCUT2D eigenvalue weighted by Crippen LogP contribution is -2.24. The van der Waals surface area contributed by atoms with Crippen LogP contribution in [0.1, 0.15) is 11.3 Å². The molecule has 0 radical (unpaired) electrons. The van der Waals surface area contributed by atoms with Crippen molar-refractivity contribution in [3.8, 4) is 0 Å². The van der Waals surface area contributed by atoms with Crippen LogP contribution in [0.15, 0.2) is 28.1 Å². The Morgan fingerprint density at radius 3 is 3.00 bits per heavy atom. The Labute approximate surface area is 122 Å². The van der Waals surface area contributed by atoms with Gasteiger partial charge in [0.2, 0.25) is 5.91 Å². The number of amides is 1. The number of thiazole rings is 1. The summed E-state index contributed by atoms with van der Waals surface area (Å²) in [4.78, 5) is 15.7. The topological polar surface area (TPSA) is 68.0 Å². The molecule has 0 aliphatic rings. The van der Waals surface area contributed by atoms with Crippen molar-refractivity contribution in [2.75, 3.05) is 5.73 Å². The predicted molar refractivity (Wildman–Crippen MR) is 76.2 cm³/mol. The maximum absolute atomic E-state index is 13.1. The fourth-order valence-corrected chi connectivity index (χ4v) is 2.45. The summed E-state index contributed by atoms with van der Waals surface area (Å²) in [6.45, 7) is 0.261. The van der Waals surface area contributed by atoms with Crippen LogP contribution in [0, 0.1) is 5.82 Å². The molecule has 100 valence electrons. The van der Waals surface area contributed by atoms with Crippen molar-refractivity contribution in [1.82, 2.24) is 10.3 Å². The minimum atomic E-state index is -0.334. The summed E-state index contributed by atoms with van der Waals surface area (Å²) in [5.41, 5.74) is 6.81. The maximum atomic E-state index is 13.1. The molecule has 19 heavy (non-hydrogen) atoms. The zero-order chi connectivity index (χ0) is 13.8. The maximum Gasteiger partial charge on any atom is 0.226 e. The predicted octanol–water partition coefficient (Wildman–Crippen LogP) is 2.49. The summed E-state index contributed by atoms with van der Waals surface area (Å²) in [6, 6.07) is 4.34. The number of nitrogens with zero attached hydrogens (tertiary/aromatic N) is 1. The van der Waals surface area contributed by atoms with E-state index in [0.29, 0.717) is 16.4 Å². The van der Waals surface area contributed by atoms with Gasteiger partial charge in [-0.3, -0.25) is 4.79 Å². The first-order chi connectivity index (χ1) is 9.04. The first-order valence-electron chi connectivity index (χ1n) is 5.45. The molecule has 1 aromatic carbocycles. The van der Waals surface area contributed by atoms with E-state index in [0.717, 1.165) is 4.47 Å². The monoisotopic (exact) mass is 343 g/mol. The molecule has 4 nitrogen and oxygen atoms in total. The standard InChI is InChI=1S/C12H11BrFN3OS/c13-10-2-1-8(14)3-7(10)5-16-11(18)4-9-6-19-12(15)17-9/h1-3,6H,4-5H2,(H2,15,17)(H,16,18). The number of nitrogens with one attached hydrogen (secondary N) is 1. The molecule has 1 amide bonds. The lowest BCUT2D eigenvalue weighted by Gasteiger charge is -2.06. The SMILES string of the molecule is Nc1nc(CC(=O)NCc2cc(F)ccc2Br)cs1. The first-order valence-corrected chi connectivity index (χ1v) is 7.12. The van der Waals surface area contributed by atoms with Crippen LogP contribution < -0.4 is 11.1 Å². The summed E-state index contributed by atoms with van der Waals surface area (Å²) < 4.78 is 13.8. The summed E-state index contributed by atoms with van der Waals surface area (Å²) in [7, 11) is 0. The van der Waals surface area contributed by atoms with E-state index in [-0.39, 0.29) is 24.7 Å². The van der Waals surface area contributed by atoms with Crippen LogP contribution in [-0.4, -0.2) is 10.9 Å². The summed E-state index contributed by atoms with van der Waals surface area (Å²) >= 11 is 4.60. The molecule has 1 heterocycles. The summed E-state index contributed by atoms with van der Waals surface area (Å²) in [6.07, 6.45) is 0.167. The third-order valence-corrected chi connectivity index (χ3v) is 3.89. The molecule has 1 aromatic heterocycles. The zero-order valence-electron chi connectivity index (χ0n) is 9.82. The van der Waals surface area contributed by atoms with Gasteiger partial charge < -0.3 is 11.1 Å². The summed E-state index contributed by atoms with van der Waals surface area (Å²) in [5.74, 6) is -0.513. The molecular formula is C12H11BrFN3OS. The molecule has 0 spiro atoms. The Bertz CT molecular complexity index is 602. The van der Waals surface area contributed by atoms with E-state index in [1.807, 2.05) is 0 Å². The van der Waals surface area contributed by atoms with Crippen LogP contribution in [0.25, 0.3) is 0 Å². The Morgan fingerprint density at radius 1 is 1.53 bits per heavy atom. The second-order valence-electron chi connectivity index (χ2n) is 3.87. The number of hydrogen-bond donors (Lipinski definition) is 2. The van der Waals surface area contributed by atoms with E-state index < -0.39 is 0 Å². The Kier molecular flexibility index (Phi) is 4.49. The largest absolute Gasteiger partial charge is 0.375 e. The molecule has 0 atom stereocenters. The highest BCUT2D eigenvalue weighted by molar-refractivity contribution is 9.10. The van der Waals surface area contributed by atoms with E-state index >= 15 is 0 Å². The molecule has 0 saturated heterocycles. The number of nitrogen functional groups attached to an aromatic ring is 1. The van der Waals surface area contributed by atoms with Gasteiger partial charge in [0.05, 0.1) is 12.1 Å². The highest BCUT2D eigenvalue weighted by Gasteiger charge is 2.08. The van der Waals surface area contributed by atoms with Gasteiger partial charge in [-0.1, -0.05) is 15.9 Å². The number of nitrogens with two attached hydrogens (primary N) is 1. The Balaban J connectivity index is 1.91. The molecule has 3 N–H and O–H groups in total. The lowest BCUT2D eigenvalue weighted by molar-refractivity contribution is -0.120. The fourth-order valence-electron chi connectivity index (χ4n) is 1.50. The highest BCUT2D eigenvalue weighted by atomic mass is 79.9. The minimum absolute atomic E-state index is 0.167. The number of halogens is 2. The van der Waals surface area contributed by atoms with Crippen LogP contribution in [0.4, 0.5) is 9.52 Å². The number of carbonyl (C=O) groups is 1. The van der Waals surface area contributed by atoms with Gasteiger partial charge in [0.25, 0.3) is 0 Å². The van der Waals surface area contributed by atoms with Gasteiger partial charge in [-0.25, -0.2) is 9.37 Å². The van der Waals surface area contributed by atoms with Crippen molar-refractivity contribution in [2.45, 2.75) is 13.0 Å². The van der Waals surface area contributed by atoms with Gasteiger partial charge in [-0.2, -0.15) is 0 Å². The minimum Gasteiger partial charge on any atom is -0.375 e. The van der Waals surface area contributed by atoms with Gasteiger partial charge in [0.1, 0.15) is 5.82 Å². The molecule has 2 aromatic rings. The van der Waals surface area contributed by atoms with E-state index in [1.165, 1.54) is 23.5 Å². The van der Waals surface area contributed by atoms with E-state index in [1.54, 1.807) is 11.4 Å². The molecule has 2 rings (SSSR count). The van der Waals surface area contributed by atoms with E-state index in [9.17, 15) is 9.18 Å². The molecule has 0 unspecified atom stereocenters. The van der Waals surface area contributed by atoms with Crippen LogP contribution in [0.5, 0.6) is 0 Å². The number of hydrogen-bond acceptors (Lipinski definition) is 4. The molecule has 7 heteroatoms. The van der Waals surface area contributed by atoms with E-state index in [2.05, 4.69) is 26.2 Å². The third-order valence-electron chi connectivity index (χ3n) is 2.39. The third kappa shape index (κ3) is 4.00. The molecule has 0 saturated carbocycles. The van der Waals surface area contributed by atoms with Gasteiger partial charge in [-0.15, -0.1) is 11.3 Å². The number of benzene rings is 1. The van der Waals surface area contributed by atoms with Crippen molar-refractivity contribution in [2.24, 2.45) is 0 Å². The lowest BCUT2D eigenvalue weighted by atomic mass is 10.2. The van der Waals surface area contributed by atoms with Crippen LogP contribution in [0.3, 0.4) is 0 Å². The Hall–Kier alpha value is -1.47. The second-order valence-corrected chi connectivity index (χ2v) is 5.61. The first kappa shape index (κ1) is 14.0. The Morgan fingerprint density at radius 2 is 2.32 bits per heavy atom. The van der Waals surface area contributed by atoms with Crippen LogP contribution >= 0.6 is 27.3 Å². The second kappa shape index (κ2) is 6.12. The quantitative estimate of drug-likeness (QED) is 0.895. The molecule has 0 aliphatic heterocycles. The fraction of sp³-hybridized carbons (Fsp3) is 0.167. The molecule has 0 bridgehead atoms. The van der Waals surface area contributed by atoms with Gasteiger partial charge in [-0.05, 0) is 23.8 Å². The van der Waals surface area contributed by atoms with Crippen molar-refractivity contribution in [1.29, 1.82) is 0 Å².